The van der Waals surface area contributed by atoms with E-state index in [2.05, 4.69) is 32.9 Å². The van der Waals surface area contributed by atoms with Crippen LogP contribution in [0.4, 0.5) is 0 Å². The average Bonchev–Trinajstić information content (AvgIpc) is 2.54. The van der Waals surface area contributed by atoms with Crippen molar-refractivity contribution in [2.24, 2.45) is 5.14 Å². The Labute approximate surface area is 143 Å². The topological polar surface area (TPSA) is 43.1 Å². The van der Waals surface area contributed by atoms with Crippen LogP contribution in [0, 0.1) is 0 Å². The fourth-order valence-electron chi connectivity index (χ4n) is 3.30. The van der Waals surface area contributed by atoms with Gasteiger partial charge in [-0.2, -0.15) is 0 Å². The first-order chi connectivity index (χ1) is 10.6. The minimum atomic E-state index is -2.31. The van der Waals surface area contributed by atoms with E-state index in [9.17, 15) is 4.21 Å². The number of rotatable bonds is 11. The molecule has 0 aliphatic rings. The van der Waals surface area contributed by atoms with Crippen LogP contribution in [0.2, 0.25) is 13.3 Å². The molecule has 0 bridgehead atoms. The summed E-state index contributed by atoms with van der Waals surface area (Å²) in [6.07, 6.45) is 7.99. The Morgan fingerprint density at radius 2 is 1.27 bits per heavy atom. The monoisotopic (exact) mass is 431 g/mol. The van der Waals surface area contributed by atoms with Gasteiger partial charge < -0.3 is 0 Å². The van der Waals surface area contributed by atoms with Gasteiger partial charge in [0.05, 0.1) is 0 Å². The molecule has 0 radical (unpaired) electrons. The average molecular weight is 430 g/mol. The second-order valence-electron chi connectivity index (χ2n) is 6.41. The molecule has 0 saturated heterocycles. The fraction of sp³-hybridized carbons (Fsp3) is 0.667. The zero-order valence-corrected chi connectivity index (χ0v) is 18.2. The summed E-state index contributed by atoms with van der Waals surface area (Å²) in [6, 6.07) is 8.52. The third kappa shape index (κ3) is 5.97. The first kappa shape index (κ1) is 20.2. The summed E-state index contributed by atoms with van der Waals surface area (Å²) in [7, 11) is -1.36. The van der Waals surface area contributed by atoms with Gasteiger partial charge in [0.15, 0.2) is 0 Å². The van der Waals surface area contributed by atoms with Crippen LogP contribution in [0.5, 0.6) is 0 Å². The molecule has 0 fully saturated rings. The number of nitrogens with two attached hydrogens (primary N) is 1. The molecule has 0 amide bonds. The van der Waals surface area contributed by atoms with Crippen molar-refractivity contribution in [1.82, 2.24) is 0 Å². The van der Waals surface area contributed by atoms with Crippen molar-refractivity contribution in [2.75, 3.05) is 0 Å². The SMILES string of the molecule is CCC[CH2][Sn]([CH2]CCC)([CH2]CCC)[c]1ccc(S(N)=O)cc1. The van der Waals surface area contributed by atoms with Gasteiger partial charge in [-0.3, -0.25) is 0 Å². The van der Waals surface area contributed by atoms with Gasteiger partial charge in [0, 0.05) is 0 Å². The molecular formula is C18H33NOSSn. The maximum absolute atomic E-state index is 11.4. The summed E-state index contributed by atoms with van der Waals surface area (Å²) in [5.74, 6) is 0. The van der Waals surface area contributed by atoms with Crippen LogP contribution in [0.25, 0.3) is 0 Å². The Morgan fingerprint density at radius 3 is 1.59 bits per heavy atom. The van der Waals surface area contributed by atoms with E-state index in [1.54, 1.807) is 3.58 Å². The molecule has 0 aliphatic heterocycles. The number of hydrogen-bond acceptors (Lipinski definition) is 1. The third-order valence-corrected chi connectivity index (χ3v) is 21.1. The van der Waals surface area contributed by atoms with Crippen molar-refractivity contribution >= 4 is 32.9 Å². The second kappa shape index (κ2) is 10.8. The second-order valence-corrected chi connectivity index (χ2v) is 20.7. The maximum atomic E-state index is 11.4. The standard InChI is InChI=1S/C6H6NOS.3C4H9.Sn/c7-9(8)6-4-2-1-3-5-6;3*1-3-4-2;/h2-5H,7H2;3*1,3-4H2,2H3;. The van der Waals surface area contributed by atoms with Crippen LogP contribution in [0.15, 0.2) is 29.2 Å². The molecular weight excluding hydrogens is 397 g/mol. The van der Waals surface area contributed by atoms with Crippen LogP contribution < -0.4 is 8.72 Å². The summed E-state index contributed by atoms with van der Waals surface area (Å²) in [5, 5.41) is 5.50. The predicted molar refractivity (Wildman–Crippen MR) is 102 cm³/mol. The molecule has 1 unspecified atom stereocenters. The van der Waals surface area contributed by atoms with Crippen LogP contribution in [-0.2, 0) is 11.0 Å². The molecule has 0 heterocycles. The van der Waals surface area contributed by atoms with Gasteiger partial charge in [0.1, 0.15) is 0 Å². The summed E-state index contributed by atoms with van der Waals surface area (Å²) in [4.78, 5) is 0.755. The Balaban J connectivity index is 3.09. The van der Waals surface area contributed by atoms with Crippen LogP contribution in [-0.4, -0.2) is 22.6 Å². The van der Waals surface area contributed by atoms with Crippen molar-refractivity contribution in [3.63, 3.8) is 0 Å². The van der Waals surface area contributed by atoms with Gasteiger partial charge >= 0.3 is 144 Å². The van der Waals surface area contributed by atoms with E-state index < -0.39 is 29.4 Å². The van der Waals surface area contributed by atoms with Gasteiger partial charge in [0.2, 0.25) is 0 Å². The van der Waals surface area contributed by atoms with E-state index in [0.717, 1.165) is 4.90 Å². The molecule has 0 saturated carbocycles. The third-order valence-electron chi connectivity index (χ3n) is 4.73. The molecule has 22 heavy (non-hydrogen) atoms. The molecule has 1 aromatic carbocycles. The summed E-state index contributed by atoms with van der Waals surface area (Å²) in [5.41, 5.74) is 0. The zero-order valence-electron chi connectivity index (χ0n) is 14.6. The van der Waals surface area contributed by atoms with Crippen molar-refractivity contribution in [1.29, 1.82) is 0 Å². The van der Waals surface area contributed by atoms with Gasteiger partial charge in [-0.25, -0.2) is 0 Å². The quantitative estimate of drug-likeness (QED) is 0.508. The van der Waals surface area contributed by atoms with Crippen LogP contribution >= 0.6 is 0 Å². The normalized spacial score (nSPS) is 13.3. The van der Waals surface area contributed by atoms with E-state index in [1.807, 2.05) is 12.1 Å². The Hall–Kier alpha value is 0.129. The Bertz CT molecular complexity index is 425. The molecule has 2 nitrogen and oxygen atoms in total. The van der Waals surface area contributed by atoms with Crippen molar-refractivity contribution < 1.29 is 4.21 Å². The number of unbranched alkanes of at least 4 members (excludes halogenated alkanes) is 3. The molecule has 1 aromatic rings. The molecule has 0 aliphatic carbocycles. The molecule has 126 valence electrons. The van der Waals surface area contributed by atoms with E-state index in [-0.39, 0.29) is 0 Å². The molecule has 2 N–H and O–H groups in total. The zero-order chi connectivity index (χ0) is 16.4. The van der Waals surface area contributed by atoms with Gasteiger partial charge in [-0.1, -0.05) is 0 Å². The van der Waals surface area contributed by atoms with Gasteiger partial charge in [-0.05, 0) is 0 Å². The minimum absolute atomic E-state index is 0.755. The Kier molecular flexibility index (Phi) is 9.92. The number of hydrogen-bond donors (Lipinski definition) is 1. The van der Waals surface area contributed by atoms with E-state index in [1.165, 1.54) is 51.8 Å². The molecule has 0 aromatic heterocycles. The van der Waals surface area contributed by atoms with Crippen LogP contribution in [0.3, 0.4) is 0 Å². The van der Waals surface area contributed by atoms with Crippen LogP contribution in [0.1, 0.15) is 59.3 Å². The van der Waals surface area contributed by atoms with E-state index in [4.69, 9.17) is 5.14 Å². The summed E-state index contributed by atoms with van der Waals surface area (Å²) >= 11 is -2.31. The molecule has 0 spiro atoms. The van der Waals surface area contributed by atoms with Gasteiger partial charge in [-0.15, -0.1) is 0 Å². The fourth-order valence-corrected chi connectivity index (χ4v) is 19.6. The van der Waals surface area contributed by atoms with Gasteiger partial charge in [0.25, 0.3) is 0 Å². The van der Waals surface area contributed by atoms with Crippen molar-refractivity contribution in [3.8, 4) is 0 Å². The summed E-state index contributed by atoms with van der Waals surface area (Å²) in [6.45, 7) is 6.91. The number of benzene rings is 1. The Morgan fingerprint density at radius 1 is 0.864 bits per heavy atom. The van der Waals surface area contributed by atoms with E-state index in [0.29, 0.717) is 0 Å². The molecule has 1 atom stereocenters. The summed E-state index contributed by atoms with van der Waals surface area (Å²) < 4.78 is 17.5. The molecule has 4 heteroatoms. The van der Waals surface area contributed by atoms with Crippen molar-refractivity contribution in [3.05, 3.63) is 24.3 Å². The first-order valence-electron chi connectivity index (χ1n) is 8.86. The predicted octanol–water partition coefficient (Wildman–Crippen LogP) is 4.72. The molecule has 1 rings (SSSR count). The first-order valence-corrected chi connectivity index (χ1v) is 17.6. The van der Waals surface area contributed by atoms with E-state index >= 15 is 0 Å². The van der Waals surface area contributed by atoms with Crippen molar-refractivity contribution in [2.45, 2.75) is 77.5 Å².